The molecule has 0 aliphatic heterocycles. The normalized spacial score (nSPS) is 24.4. The number of hydrogen-bond acceptors (Lipinski definition) is 0. The maximum absolute atomic E-state index is 8.00. The Morgan fingerprint density at radius 2 is 1.18 bits per heavy atom. The second-order valence-electron chi connectivity index (χ2n) is 9.92. The van der Waals surface area contributed by atoms with Crippen molar-refractivity contribution in [2.24, 2.45) is 11.8 Å². The van der Waals surface area contributed by atoms with Gasteiger partial charge in [0.05, 0.1) is 0 Å². The van der Waals surface area contributed by atoms with E-state index in [9.17, 15) is 0 Å². The number of halogens is 2. The Bertz CT molecular complexity index is 656. The van der Waals surface area contributed by atoms with E-state index in [4.69, 9.17) is 18.6 Å². The van der Waals surface area contributed by atoms with E-state index in [1.807, 2.05) is 0 Å². The first-order valence-corrected chi connectivity index (χ1v) is 23.1. The number of allylic oxidation sites excluding steroid dienone is 8. The van der Waals surface area contributed by atoms with Crippen LogP contribution in [0.2, 0.25) is 21.5 Å². The van der Waals surface area contributed by atoms with Crippen LogP contribution < -0.4 is 0 Å². The van der Waals surface area contributed by atoms with E-state index in [1.54, 1.807) is 0 Å². The fourth-order valence-corrected chi connectivity index (χ4v) is 24.4. The molecule has 28 heavy (non-hydrogen) atoms. The van der Waals surface area contributed by atoms with Crippen molar-refractivity contribution in [3.8, 4) is 0 Å². The first-order valence-electron chi connectivity index (χ1n) is 11.4. The van der Waals surface area contributed by atoms with Crippen LogP contribution in [0, 0.1) is 11.8 Å². The zero-order chi connectivity index (χ0) is 21.3. The Labute approximate surface area is 184 Å². The van der Waals surface area contributed by atoms with Crippen molar-refractivity contribution in [2.75, 3.05) is 0 Å². The van der Waals surface area contributed by atoms with Crippen LogP contribution >= 0.6 is 18.6 Å². The van der Waals surface area contributed by atoms with Crippen LogP contribution in [-0.2, 0) is 12.4 Å². The second kappa shape index (κ2) is 9.31. The minimum absolute atomic E-state index is 0.290. The van der Waals surface area contributed by atoms with Gasteiger partial charge in [-0.05, 0) is 0 Å². The quantitative estimate of drug-likeness (QED) is 0.291. The summed E-state index contributed by atoms with van der Waals surface area (Å²) in [5.41, 5.74) is 5.95. The molecule has 2 unspecified atom stereocenters. The van der Waals surface area contributed by atoms with Gasteiger partial charge in [0.1, 0.15) is 0 Å². The summed E-state index contributed by atoms with van der Waals surface area (Å²) in [5.74, 6) is 0.992. The fourth-order valence-electron chi connectivity index (χ4n) is 5.13. The Morgan fingerprint density at radius 3 is 1.43 bits per heavy atom. The van der Waals surface area contributed by atoms with Crippen LogP contribution in [0.3, 0.4) is 0 Å². The molecule has 0 aromatic carbocycles. The van der Waals surface area contributed by atoms with E-state index >= 15 is 0 Å². The van der Waals surface area contributed by atoms with Gasteiger partial charge in [-0.15, -0.1) is 0 Å². The molecule has 0 radical (unpaired) electrons. The standard InChI is InChI=1S/2C11H17.C2H7Si.2ClH.Ti/c2*1-4-5-10-6-7-11(8-10)9(2)3;1-3-2;;;/h2*6-9H,4-5H2,1-3H3;3H,1-2H3;2*1H;/q;;;;;+2/p-2. The third-order valence-electron chi connectivity index (χ3n) is 6.89. The topological polar surface area (TPSA) is 0 Å². The molecule has 0 aromatic heterocycles. The third kappa shape index (κ3) is 4.40. The molecule has 0 heterocycles. The maximum atomic E-state index is 8.00. The van der Waals surface area contributed by atoms with Crippen molar-refractivity contribution in [3.63, 3.8) is 0 Å². The molecular formula is C24H41Cl2SiTi. The van der Waals surface area contributed by atoms with Crippen LogP contribution in [0.1, 0.15) is 67.2 Å². The van der Waals surface area contributed by atoms with E-state index < -0.39 is 19.1 Å². The zero-order valence-corrected chi connectivity index (χ0v) is 23.5. The van der Waals surface area contributed by atoms with Crippen LogP contribution in [0.15, 0.2) is 46.6 Å². The summed E-state index contributed by atoms with van der Waals surface area (Å²) in [6.07, 6.45) is 14.5. The summed E-state index contributed by atoms with van der Waals surface area (Å²) in [5, 5.41) is 0. The molecule has 2 atom stereocenters. The van der Waals surface area contributed by atoms with Crippen LogP contribution in [0.4, 0.5) is 0 Å². The monoisotopic (exact) mass is 475 g/mol. The molecule has 0 nitrogen and oxygen atoms in total. The molecule has 0 fully saturated rings. The van der Waals surface area contributed by atoms with Crippen molar-refractivity contribution in [1.82, 2.24) is 0 Å². The molecular weight excluding hydrogens is 435 g/mol. The van der Waals surface area contributed by atoms with Crippen molar-refractivity contribution >= 4 is 25.3 Å². The number of hydrogen-bond donors (Lipinski definition) is 0. The van der Waals surface area contributed by atoms with Gasteiger partial charge < -0.3 is 0 Å². The molecule has 0 N–H and O–H groups in total. The van der Waals surface area contributed by atoms with Crippen molar-refractivity contribution in [3.05, 3.63) is 46.6 Å². The Hall–Kier alpha value is 0.471. The molecule has 4 heteroatoms. The average molecular weight is 476 g/mol. The molecule has 2 aliphatic carbocycles. The molecule has 159 valence electrons. The first kappa shape index (κ1) is 24.7. The van der Waals surface area contributed by atoms with Crippen molar-refractivity contribution in [2.45, 2.75) is 88.8 Å². The summed E-state index contributed by atoms with van der Waals surface area (Å²) >= 11 is -3.95. The summed E-state index contributed by atoms with van der Waals surface area (Å²) in [4.78, 5) is 0. The van der Waals surface area contributed by atoms with E-state index in [0.717, 1.165) is 12.8 Å². The van der Waals surface area contributed by atoms with Gasteiger partial charge >= 0.3 is 185 Å². The van der Waals surface area contributed by atoms with Crippen LogP contribution in [0.25, 0.3) is 0 Å². The number of rotatable bonds is 9. The predicted molar refractivity (Wildman–Crippen MR) is 130 cm³/mol. The summed E-state index contributed by atoms with van der Waals surface area (Å²) in [6.45, 7) is 17.3. The zero-order valence-electron chi connectivity index (χ0n) is 19.3. The second-order valence-corrected chi connectivity index (χ2v) is 39.3. The summed E-state index contributed by atoms with van der Waals surface area (Å²) in [6, 6.07) is 0. The third-order valence-corrected chi connectivity index (χ3v) is 42.3. The van der Waals surface area contributed by atoms with Gasteiger partial charge in [-0.25, -0.2) is 0 Å². The molecule has 2 rings (SSSR count). The molecule has 0 saturated carbocycles. The molecule has 0 bridgehead atoms. The SMILES string of the molecule is CCCC1=C[CH]([Ti]([Cl])([Cl])([CH]2C=C(CCC)C=C2C(C)C)[SiH](C)C)C(C(C)C)=C1. The average Bonchev–Trinajstić information content (AvgIpc) is 3.21. The Kier molecular flexibility index (Phi) is 8.23. The van der Waals surface area contributed by atoms with E-state index in [1.165, 1.54) is 35.1 Å². The fraction of sp³-hybridized carbons (Fsp3) is 0.667. The molecule has 0 saturated heterocycles. The van der Waals surface area contributed by atoms with Gasteiger partial charge in [0.2, 0.25) is 0 Å². The van der Waals surface area contributed by atoms with Gasteiger partial charge in [0, 0.05) is 0 Å². The van der Waals surface area contributed by atoms with E-state index in [-0.39, 0.29) is 8.45 Å². The first-order chi connectivity index (χ1) is 13.0. The van der Waals surface area contributed by atoms with Crippen molar-refractivity contribution in [1.29, 1.82) is 0 Å². The van der Waals surface area contributed by atoms with Crippen LogP contribution in [0.5, 0.6) is 0 Å². The molecule has 2 aliphatic rings. The molecule has 0 amide bonds. The van der Waals surface area contributed by atoms with Crippen molar-refractivity contribution < 1.29 is 12.4 Å². The predicted octanol–water partition coefficient (Wildman–Crippen LogP) is 9.19. The van der Waals surface area contributed by atoms with Gasteiger partial charge in [0.25, 0.3) is 0 Å². The summed E-state index contributed by atoms with van der Waals surface area (Å²) in [7, 11) is 16.0. The molecule has 0 aromatic rings. The van der Waals surface area contributed by atoms with Crippen LogP contribution in [-0.4, -0.2) is 6.66 Å². The Morgan fingerprint density at radius 1 is 0.821 bits per heavy atom. The Balaban J connectivity index is 2.66. The van der Waals surface area contributed by atoms with Gasteiger partial charge in [0.15, 0.2) is 0 Å². The van der Waals surface area contributed by atoms with E-state index in [2.05, 4.69) is 78.9 Å². The van der Waals surface area contributed by atoms with E-state index in [0.29, 0.717) is 11.8 Å². The van der Waals surface area contributed by atoms with Gasteiger partial charge in [-0.3, -0.25) is 0 Å². The van der Waals surface area contributed by atoms with Gasteiger partial charge in [-0.1, -0.05) is 0 Å². The van der Waals surface area contributed by atoms with Gasteiger partial charge in [-0.2, -0.15) is 0 Å². The summed E-state index contributed by atoms with van der Waals surface area (Å²) < 4.78 is 0.579. The molecule has 0 spiro atoms. The minimum atomic E-state index is -3.95.